The average molecular weight is 292 g/mol. The van der Waals surface area contributed by atoms with Crippen LogP contribution in [0.2, 0.25) is 0 Å². The number of nitro groups is 1. The predicted molar refractivity (Wildman–Crippen MR) is 72.1 cm³/mol. The van der Waals surface area contributed by atoms with Crippen LogP contribution < -0.4 is 5.32 Å². The van der Waals surface area contributed by atoms with Gasteiger partial charge in [-0.3, -0.25) is 14.9 Å². The lowest BCUT2D eigenvalue weighted by atomic mass is 10.1. The number of nitro benzene ring substituents is 1. The minimum Gasteiger partial charge on any atom is -0.321 e. The molecule has 0 atom stereocenters. The highest BCUT2D eigenvalue weighted by atomic mass is 19.1. The normalized spacial score (nSPS) is 10.2. The number of hydrogen-bond donors (Lipinski definition) is 1. The molecule has 2 aromatic rings. The first-order chi connectivity index (χ1) is 9.90. The third-order valence-electron chi connectivity index (χ3n) is 2.92. The Balaban J connectivity index is 2.34. The van der Waals surface area contributed by atoms with Crippen molar-refractivity contribution in [2.75, 3.05) is 5.32 Å². The van der Waals surface area contributed by atoms with Crippen LogP contribution in [0.25, 0.3) is 0 Å². The van der Waals surface area contributed by atoms with E-state index in [0.717, 1.165) is 18.2 Å². The fraction of sp³-hybridized carbons (Fsp3) is 0.0714. The second-order valence-corrected chi connectivity index (χ2v) is 4.29. The summed E-state index contributed by atoms with van der Waals surface area (Å²) < 4.78 is 26.6. The molecule has 0 saturated carbocycles. The number of halogens is 2. The highest BCUT2D eigenvalue weighted by molar-refractivity contribution is 6.05. The molecule has 2 rings (SSSR count). The van der Waals surface area contributed by atoms with Crippen LogP contribution in [0.3, 0.4) is 0 Å². The van der Waals surface area contributed by atoms with Crippen molar-refractivity contribution in [1.82, 2.24) is 0 Å². The number of carbonyl (C=O) groups excluding carboxylic acids is 1. The Bertz CT molecular complexity index is 732. The highest BCUT2D eigenvalue weighted by Gasteiger charge is 2.17. The molecule has 0 saturated heterocycles. The van der Waals surface area contributed by atoms with Gasteiger partial charge < -0.3 is 5.32 Å². The summed E-state index contributed by atoms with van der Waals surface area (Å²) in [6.45, 7) is 1.45. The summed E-state index contributed by atoms with van der Waals surface area (Å²) in [6, 6.07) is 6.61. The van der Waals surface area contributed by atoms with Crippen molar-refractivity contribution in [2.45, 2.75) is 6.92 Å². The molecule has 0 aliphatic rings. The second-order valence-electron chi connectivity index (χ2n) is 4.29. The molecule has 1 amide bonds. The van der Waals surface area contributed by atoms with E-state index in [2.05, 4.69) is 5.32 Å². The van der Waals surface area contributed by atoms with E-state index < -0.39 is 28.0 Å². The molecule has 7 heteroatoms. The van der Waals surface area contributed by atoms with Gasteiger partial charge >= 0.3 is 0 Å². The number of rotatable bonds is 3. The predicted octanol–water partition coefficient (Wildman–Crippen LogP) is 3.43. The summed E-state index contributed by atoms with van der Waals surface area (Å²) >= 11 is 0. The number of carbonyl (C=O) groups is 1. The van der Waals surface area contributed by atoms with Gasteiger partial charge in [-0.25, -0.2) is 8.78 Å². The molecule has 1 N–H and O–H groups in total. The van der Waals surface area contributed by atoms with E-state index in [1.165, 1.54) is 25.1 Å². The number of anilines is 1. The maximum Gasteiger partial charge on any atom is 0.274 e. The monoisotopic (exact) mass is 292 g/mol. The van der Waals surface area contributed by atoms with Gasteiger partial charge in [0.25, 0.3) is 11.6 Å². The average Bonchev–Trinajstić information content (AvgIpc) is 2.43. The van der Waals surface area contributed by atoms with Gasteiger partial charge in [0, 0.05) is 6.07 Å². The van der Waals surface area contributed by atoms with Crippen molar-refractivity contribution in [2.24, 2.45) is 0 Å². The summed E-state index contributed by atoms with van der Waals surface area (Å²) in [5.74, 6) is -2.51. The number of nitrogens with zero attached hydrogens (tertiary/aromatic N) is 1. The minimum absolute atomic E-state index is 0.165. The topological polar surface area (TPSA) is 72.2 Å². The minimum atomic E-state index is -0.879. The Labute approximate surface area is 118 Å². The lowest BCUT2D eigenvalue weighted by Gasteiger charge is -2.09. The molecule has 0 aromatic heterocycles. The van der Waals surface area contributed by atoms with Crippen LogP contribution >= 0.6 is 0 Å². The third kappa shape index (κ3) is 3.02. The maximum absolute atomic E-state index is 13.5. The van der Waals surface area contributed by atoms with Gasteiger partial charge in [0.05, 0.1) is 21.7 Å². The molecule has 0 bridgehead atoms. The zero-order chi connectivity index (χ0) is 15.6. The van der Waals surface area contributed by atoms with Crippen LogP contribution in [-0.2, 0) is 0 Å². The van der Waals surface area contributed by atoms with E-state index in [1.54, 1.807) is 0 Å². The Morgan fingerprint density at radius 2 is 1.95 bits per heavy atom. The number of hydrogen-bond acceptors (Lipinski definition) is 3. The molecule has 0 heterocycles. The lowest BCUT2D eigenvalue weighted by Crippen LogP contribution is -2.15. The van der Waals surface area contributed by atoms with Crippen molar-refractivity contribution in [1.29, 1.82) is 0 Å². The molecular formula is C14H10F2N2O3. The van der Waals surface area contributed by atoms with Crippen LogP contribution in [0, 0.1) is 28.7 Å². The van der Waals surface area contributed by atoms with Crippen molar-refractivity contribution in [3.63, 3.8) is 0 Å². The zero-order valence-corrected chi connectivity index (χ0v) is 10.9. The third-order valence-corrected chi connectivity index (χ3v) is 2.92. The van der Waals surface area contributed by atoms with E-state index in [-0.39, 0.29) is 16.9 Å². The smallest absolute Gasteiger partial charge is 0.274 e. The number of nitrogens with one attached hydrogen (secondary N) is 1. The molecule has 108 valence electrons. The van der Waals surface area contributed by atoms with Crippen molar-refractivity contribution in [3.05, 3.63) is 69.3 Å². The first kappa shape index (κ1) is 14.6. The first-order valence-electron chi connectivity index (χ1n) is 5.90. The molecule has 21 heavy (non-hydrogen) atoms. The largest absolute Gasteiger partial charge is 0.321 e. The highest BCUT2D eigenvalue weighted by Crippen LogP contribution is 2.25. The van der Waals surface area contributed by atoms with Gasteiger partial charge in [0.2, 0.25) is 0 Å². The fourth-order valence-corrected chi connectivity index (χ4v) is 1.82. The van der Waals surface area contributed by atoms with Crippen molar-refractivity contribution < 1.29 is 18.5 Å². The Morgan fingerprint density at radius 3 is 2.62 bits per heavy atom. The Kier molecular flexibility index (Phi) is 3.93. The molecule has 2 aromatic carbocycles. The summed E-state index contributed by atoms with van der Waals surface area (Å²) in [5, 5.41) is 13.2. The molecule has 5 nitrogen and oxygen atoms in total. The summed E-state index contributed by atoms with van der Waals surface area (Å²) in [6.07, 6.45) is 0. The maximum atomic E-state index is 13.5. The van der Waals surface area contributed by atoms with Gasteiger partial charge in [0.1, 0.15) is 11.6 Å². The van der Waals surface area contributed by atoms with E-state index in [9.17, 15) is 23.7 Å². The van der Waals surface area contributed by atoms with E-state index in [4.69, 9.17) is 0 Å². The summed E-state index contributed by atoms with van der Waals surface area (Å²) in [4.78, 5) is 22.2. The Hall–Kier alpha value is -2.83. The van der Waals surface area contributed by atoms with Crippen LogP contribution in [-0.4, -0.2) is 10.8 Å². The molecule has 0 radical (unpaired) electrons. The van der Waals surface area contributed by atoms with Crippen molar-refractivity contribution >= 4 is 17.3 Å². The summed E-state index contributed by atoms with van der Waals surface area (Å²) in [7, 11) is 0. The van der Waals surface area contributed by atoms with Crippen LogP contribution in [0.4, 0.5) is 20.2 Å². The lowest BCUT2D eigenvalue weighted by molar-refractivity contribution is -0.385. The molecule has 0 aliphatic heterocycles. The van der Waals surface area contributed by atoms with Gasteiger partial charge in [-0.15, -0.1) is 0 Å². The van der Waals surface area contributed by atoms with Crippen LogP contribution in [0.15, 0.2) is 36.4 Å². The van der Waals surface area contributed by atoms with E-state index in [1.807, 2.05) is 0 Å². The van der Waals surface area contributed by atoms with Crippen LogP contribution in [0.1, 0.15) is 15.9 Å². The summed E-state index contributed by atoms with van der Waals surface area (Å²) in [5.41, 5.74) is -0.251. The number of benzene rings is 2. The van der Waals surface area contributed by atoms with E-state index >= 15 is 0 Å². The molecule has 0 aliphatic carbocycles. The molecule has 0 fully saturated rings. The number of amides is 1. The molecule has 0 unspecified atom stereocenters. The van der Waals surface area contributed by atoms with Gasteiger partial charge in [0.15, 0.2) is 0 Å². The van der Waals surface area contributed by atoms with Gasteiger partial charge in [-0.05, 0) is 31.2 Å². The SMILES string of the molecule is Cc1c(NC(=O)c2cc(F)ccc2F)cccc1[N+](=O)[O-]. The Morgan fingerprint density at radius 1 is 1.24 bits per heavy atom. The zero-order valence-electron chi connectivity index (χ0n) is 10.9. The van der Waals surface area contributed by atoms with Crippen LogP contribution in [0.5, 0.6) is 0 Å². The van der Waals surface area contributed by atoms with Gasteiger partial charge in [-0.2, -0.15) is 0 Å². The van der Waals surface area contributed by atoms with Crippen molar-refractivity contribution in [3.8, 4) is 0 Å². The van der Waals surface area contributed by atoms with Gasteiger partial charge in [-0.1, -0.05) is 6.07 Å². The molecular weight excluding hydrogens is 282 g/mol. The molecule has 0 spiro atoms. The quantitative estimate of drug-likeness (QED) is 0.695. The fourth-order valence-electron chi connectivity index (χ4n) is 1.82. The van der Waals surface area contributed by atoms with E-state index in [0.29, 0.717) is 0 Å². The first-order valence-corrected chi connectivity index (χ1v) is 5.90. The second kappa shape index (κ2) is 5.66. The standard InChI is InChI=1S/C14H10F2N2O3/c1-8-12(3-2-4-13(8)18(20)21)17-14(19)10-7-9(15)5-6-11(10)16/h2-7H,1H3,(H,17,19).